The minimum atomic E-state index is -0.133. The van der Waals surface area contributed by atoms with Gasteiger partial charge in [-0.3, -0.25) is 4.79 Å². The third-order valence-corrected chi connectivity index (χ3v) is 2.95. The molecule has 1 fully saturated rings. The smallest absolute Gasteiger partial charge is 0.323 e. The summed E-state index contributed by atoms with van der Waals surface area (Å²) in [6.45, 7) is 6.06. The van der Waals surface area contributed by atoms with E-state index in [1.807, 2.05) is 6.92 Å². The van der Waals surface area contributed by atoms with E-state index in [1.165, 1.54) is 0 Å². The Hall–Kier alpha value is -0.610. The lowest BCUT2D eigenvalue weighted by molar-refractivity contribution is -0.145. The molecule has 0 aromatic heterocycles. The first kappa shape index (κ1) is 12.5. The van der Waals surface area contributed by atoms with E-state index in [1.54, 1.807) is 7.11 Å². The van der Waals surface area contributed by atoms with E-state index >= 15 is 0 Å². The number of hydrogen-bond acceptors (Lipinski definition) is 4. The van der Waals surface area contributed by atoms with Gasteiger partial charge >= 0.3 is 5.97 Å². The summed E-state index contributed by atoms with van der Waals surface area (Å²) in [6.07, 6.45) is 1.82. The van der Waals surface area contributed by atoms with Crippen molar-refractivity contribution >= 4 is 5.97 Å². The Bertz CT molecular complexity index is 220. The molecule has 0 aliphatic carbocycles. The molecule has 0 spiro atoms. The van der Waals surface area contributed by atoms with E-state index < -0.39 is 0 Å². The molecule has 1 N–H and O–H groups in total. The van der Waals surface area contributed by atoms with Gasteiger partial charge in [0, 0.05) is 20.3 Å². The Morgan fingerprint density at radius 3 is 2.93 bits per heavy atom. The lowest BCUT2D eigenvalue weighted by atomic mass is 9.85. The molecule has 0 aromatic carbocycles. The van der Waals surface area contributed by atoms with Gasteiger partial charge < -0.3 is 14.8 Å². The SMILES string of the molecule is CCOC(=O)C1CC(C)(CCOC)CN1. The predicted molar refractivity (Wildman–Crippen MR) is 57.6 cm³/mol. The fraction of sp³-hybridized carbons (Fsp3) is 0.909. The van der Waals surface area contributed by atoms with Crippen LogP contribution in [0.3, 0.4) is 0 Å². The number of rotatable bonds is 5. The van der Waals surface area contributed by atoms with Gasteiger partial charge in [0.05, 0.1) is 6.61 Å². The third kappa shape index (κ3) is 3.47. The van der Waals surface area contributed by atoms with Gasteiger partial charge in [0.15, 0.2) is 0 Å². The lowest BCUT2D eigenvalue weighted by Crippen LogP contribution is -2.32. The normalized spacial score (nSPS) is 30.5. The van der Waals surface area contributed by atoms with Crippen molar-refractivity contribution < 1.29 is 14.3 Å². The van der Waals surface area contributed by atoms with Gasteiger partial charge in [0.25, 0.3) is 0 Å². The molecule has 1 rings (SSSR count). The van der Waals surface area contributed by atoms with Crippen molar-refractivity contribution in [2.45, 2.75) is 32.7 Å². The largest absolute Gasteiger partial charge is 0.465 e. The summed E-state index contributed by atoms with van der Waals surface area (Å²) in [6, 6.07) is -0.133. The van der Waals surface area contributed by atoms with Gasteiger partial charge in [0.2, 0.25) is 0 Å². The van der Waals surface area contributed by atoms with Crippen LogP contribution < -0.4 is 5.32 Å². The van der Waals surface area contributed by atoms with Crippen LogP contribution in [0, 0.1) is 5.41 Å². The van der Waals surface area contributed by atoms with E-state index in [9.17, 15) is 4.79 Å². The van der Waals surface area contributed by atoms with Crippen molar-refractivity contribution in [1.29, 1.82) is 0 Å². The van der Waals surface area contributed by atoms with Crippen LogP contribution in [0.15, 0.2) is 0 Å². The van der Waals surface area contributed by atoms with E-state index in [-0.39, 0.29) is 17.4 Å². The number of carbonyl (C=O) groups excluding carboxylic acids is 1. The molecule has 0 aromatic rings. The molecule has 1 heterocycles. The number of esters is 1. The number of hydrogen-bond donors (Lipinski definition) is 1. The average molecular weight is 215 g/mol. The predicted octanol–water partition coefficient (Wildman–Crippen LogP) is 0.954. The zero-order chi connectivity index (χ0) is 11.3. The van der Waals surface area contributed by atoms with Gasteiger partial charge in [-0.05, 0) is 25.2 Å². The van der Waals surface area contributed by atoms with Crippen molar-refractivity contribution in [3.8, 4) is 0 Å². The number of methoxy groups -OCH3 is 1. The average Bonchev–Trinajstić information content (AvgIpc) is 2.59. The van der Waals surface area contributed by atoms with Crippen molar-refractivity contribution in [3.63, 3.8) is 0 Å². The van der Waals surface area contributed by atoms with Crippen LogP contribution in [0.1, 0.15) is 26.7 Å². The molecule has 88 valence electrons. The van der Waals surface area contributed by atoms with Crippen LogP contribution in [0.2, 0.25) is 0 Å². The maximum Gasteiger partial charge on any atom is 0.323 e. The first-order valence-electron chi connectivity index (χ1n) is 5.50. The summed E-state index contributed by atoms with van der Waals surface area (Å²) in [5.41, 5.74) is 0.160. The van der Waals surface area contributed by atoms with Crippen molar-refractivity contribution in [2.24, 2.45) is 5.41 Å². The Morgan fingerprint density at radius 1 is 1.60 bits per heavy atom. The lowest BCUT2D eigenvalue weighted by Gasteiger charge is -2.21. The third-order valence-electron chi connectivity index (χ3n) is 2.95. The zero-order valence-electron chi connectivity index (χ0n) is 9.84. The van der Waals surface area contributed by atoms with E-state index in [0.29, 0.717) is 6.61 Å². The standard InChI is InChI=1S/C11H21NO3/c1-4-15-10(13)9-7-11(2,8-12-9)5-6-14-3/h9,12H,4-8H2,1-3H3. The van der Waals surface area contributed by atoms with Gasteiger partial charge in [-0.25, -0.2) is 0 Å². The monoisotopic (exact) mass is 215 g/mol. The maximum absolute atomic E-state index is 11.5. The molecule has 0 bridgehead atoms. The summed E-state index contributed by atoms with van der Waals surface area (Å²) in [5.74, 6) is -0.126. The molecule has 0 radical (unpaired) electrons. The minimum Gasteiger partial charge on any atom is -0.465 e. The molecule has 1 saturated heterocycles. The Balaban J connectivity index is 2.40. The van der Waals surface area contributed by atoms with Crippen molar-refractivity contribution in [1.82, 2.24) is 5.32 Å². The van der Waals surface area contributed by atoms with Crippen LogP contribution in [-0.4, -0.2) is 38.9 Å². The quantitative estimate of drug-likeness (QED) is 0.694. The fourth-order valence-electron chi connectivity index (χ4n) is 1.96. The van der Waals surface area contributed by atoms with Crippen LogP contribution in [0.5, 0.6) is 0 Å². The van der Waals surface area contributed by atoms with Crippen LogP contribution in [-0.2, 0) is 14.3 Å². The molecule has 2 unspecified atom stereocenters. The summed E-state index contributed by atoms with van der Waals surface area (Å²) in [7, 11) is 1.70. The Morgan fingerprint density at radius 2 is 2.33 bits per heavy atom. The van der Waals surface area contributed by atoms with Crippen molar-refractivity contribution in [2.75, 3.05) is 26.9 Å². The molecule has 2 atom stereocenters. The molecular formula is C11H21NO3. The first-order valence-corrected chi connectivity index (χ1v) is 5.50. The second-order valence-electron chi connectivity index (χ2n) is 4.44. The number of carbonyl (C=O) groups is 1. The Labute approximate surface area is 91.3 Å². The minimum absolute atomic E-state index is 0.126. The topological polar surface area (TPSA) is 47.6 Å². The molecular weight excluding hydrogens is 194 g/mol. The highest BCUT2D eigenvalue weighted by Crippen LogP contribution is 2.32. The molecule has 15 heavy (non-hydrogen) atoms. The highest BCUT2D eigenvalue weighted by Gasteiger charge is 2.38. The molecule has 4 nitrogen and oxygen atoms in total. The van der Waals surface area contributed by atoms with E-state index in [2.05, 4.69) is 12.2 Å². The molecule has 0 saturated carbocycles. The van der Waals surface area contributed by atoms with Crippen LogP contribution in [0.25, 0.3) is 0 Å². The van der Waals surface area contributed by atoms with Gasteiger partial charge in [0.1, 0.15) is 6.04 Å². The summed E-state index contributed by atoms with van der Waals surface area (Å²) < 4.78 is 10.1. The zero-order valence-corrected chi connectivity index (χ0v) is 9.84. The molecule has 1 aliphatic heterocycles. The van der Waals surface area contributed by atoms with E-state index in [0.717, 1.165) is 26.0 Å². The summed E-state index contributed by atoms with van der Waals surface area (Å²) >= 11 is 0. The van der Waals surface area contributed by atoms with Gasteiger partial charge in [-0.2, -0.15) is 0 Å². The van der Waals surface area contributed by atoms with E-state index in [4.69, 9.17) is 9.47 Å². The highest BCUT2D eigenvalue weighted by molar-refractivity contribution is 5.76. The van der Waals surface area contributed by atoms with Crippen LogP contribution >= 0.6 is 0 Å². The first-order chi connectivity index (χ1) is 7.11. The summed E-state index contributed by atoms with van der Waals surface area (Å²) in [4.78, 5) is 11.5. The second-order valence-corrected chi connectivity index (χ2v) is 4.44. The van der Waals surface area contributed by atoms with Crippen LogP contribution in [0.4, 0.5) is 0 Å². The number of ether oxygens (including phenoxy) is 2. The van der Waals surface area contributed by atoms with Gasteiger partial charge in [-0.15, -0.1) is 0 Å². The second kappa shape index (κ2) is 5.47. The fourth-order valence-corrected chi connectivity index (χ4v) is 1.96. The van der Waals surface area contributed by atoms with Crippen molar-refractivity contribution in [3.05, 3.63) is 0 Å². The number of nitrogens with one attached hydrogen (secondary N) is 1. The maximum atomic E-state index is 11.5. The molecule has 1 aliphatic rings. The summed E-state index contributed by atoms with van der Waals surface area (Å²) in [5, 5.41) is 3.21. The van der Waals surface area contributed by atoms with Gasteiger partial charge in [-0.1, -0.05) is 6.92 Å². The Kier molecular flexibility index (Phi) is 4.54. The molecule has 4 heteroatoms. The highest BCUT2D eigenvalue weighted by atomic mass is 16.5. The molecule has 0 amide bonds.